The molecule has 0 aliphatic carbocycles. The Labute approximate surface area is 186 Å². The molecule has 0 spiro atoms. The van der Waals surface area contributed by atoms with Crippen LogP contribution in [-0.2, 0) is 4.79 Å². The number of para-hydroxylation sites is 1. The Balaban J connectivity index is 1.52. The molecule has 0 N–H and O–H groups in total. The van der Waals surface area contributed by atoms with Crippen molar-refractivity contribution in [3.63, 3.8) is 0 Å². The fourth-order valence-electron chi connectivity index (χ4n) is 3.66. The van der Waals surface area contributed by atoms with E-state index in [0.29, 0.717) is 22.8 Å². The second kappa shape index (κ2) is 9.62. The van der Waals surface area contributed by atoms with Crippen molar-refractivity contribution in [3.8, 4) is 17.1 Å². The van der Waals surface area contributed by atoms with E-state index in [9.17, 15) is 9.18 Å². The summed E-state index contributed by atoms with van der Waals surface area (Å²) in [4.78, 5) is 17.1. The highest BCUT2D eigenvalue weighted by Gasteiger charge is 2.24. The third-order valence-corrected chi connectivity index (χ3v) is 6.39. The number of benzene rings is 2. The van der Waals surface area contributed by atoms with Crippen molar-refractivity contribution in [1.29, 1.82) is 0 Å². The van der Waals surface area contributed by atoms with Crippen molar-refractivity contribution < 1.29 is 9.18 Å². The number of hydrogen-bond acceptors (Lipinski definition) is 5. The summed E-state index contributed by atoms with van der Waals surface area (Å²) in [5.74, 6) is 0.731. The molecule has 0 unspecified atom stereocenters. The largest absolute Gasteiger partial charge is 0.339 e. The number of piperazine rings is 1. The summed E-state index contributed by atoms with van der Waals surface area (Å²) in [5.41, 5.74) is 1.66. The highest BCUT2D eigenvalue weighted by molar-refractivity contribution is 7.99. The molecule has 3 aromatic rings. The lowest BCUT2D eigenvalue weighted by molar-refractivity contribution is -0.130. The first-order chi connectivity index (χ1) is 15.0. The number of rotatable bonds is 6. The molecule has 1 saturated heterocycles. The van der Waals surface area contributed by atoms with Crippen molar-refractivity contribution in [2.45, 2.75) is 25.0 Å². The summed E-state index contributed by atoms with van der Waals surface area (Å²) in [5, 5.41) is 9.34. The monoisotopic (exact) mass is 439 g/mol. The Bertz CT molecular complexity index is 1010. The maximum atomic E-state index is 13.4. The molecule has 1 fully saturated rings. The van der Waals surface area contributed by atoms with E-state index in [1.54, 1.807) is 12.1 Å². The van der Waals surface area contributed by atoms with E-state index in [1.807, 2.05) is 39.8 Å². The predicted molar refractivity (Wildman–Crippen MR) is 121 cm³/mol. The summed E-state index contributed by atoms with van der Waals surface area (Å²) >= 11 is 1.38. The van der Waals surface area contributed by atoms with E-state index >= 15 is 0 Å². The van der Waals surface area contributed by atoms with Crippen LogP contribution >= 0.6 is 11.8 Å². The standard InChI is InChI=1S/C23H26FN5OS/c1-17(2)27-12-14-28(15-13-27)21(30)16-31-23-26-25-22(18-8-10-19(24)11-9-18)29(23)20-6-4-3-5-7-20/h3-11,17H,12-16H2,1-2H3. The van der Waals surface area contributed by atoms with Gasteiger partial charge >= 0.3 is 0 Å². The topological polar surface area (TPSA) is 54.3 Å². The average Bonchev–Trinajstić information content (AvgIpc) is 3.22. The van der Waals surface area contributed by atoms with Gasteiger partial charge in [0.15, 0.2) is 11.0 Å². The van der Waals surface area contributed by atoms with Crippen LogP contribution in [-0.4, -0.2) is 68.4 Å². The van der Waals surface area contributed by atoms with Crippen LogP contribution < -0.4 is 0 Å². The van der Waals surface area contributed by atoms with Gasteiger partial charge in [-0.15, -0.1) is 10.2 Å². The van der Waals surface area contributed by atoms with E-state index in [1.165, 1.54) is 23.9 Å². The molecule has 6 nitrogen and oxygen atoms in total. The Hall–Kier alpha value is -2.71. The lowest BCUT2D eigenvalue weighted by Gasteiger charge is -2.36. The molecule has 4 rings (SSSR count). The minimum absolute atomic E-state index is 0.111. The number of aromatic nitrogens is 3. The van der Waals surface area contributed by atoms with Crippen LogP contribution in [0.3, 0.4) is 0 Å². The Kier molecular flexibility index (Phi) is 6.67. The molecule has 1 amide bonds. The van der Waals surface area contributed by atoms with Crippen molar-refractivity contribution in [2.24, 2.45) is 0 Å². The van der Waals surface area contributed by atoms with Crippen LogP contribution in [0.15, 0.2) is 59.8 Å². The van der Waals surface area contributed by atoms with E-state index in [2.05, 4.69) is 28.9 Å². The Morgan fingerprint density at radius 1 is 1.00 bits per heavy atom. The molecule has 8 heteroatoms. The van der Waals surface area contributed by atoms with E-state index < -0.39 is 0 Å². The smallest absolute Gasteiger partial charge is 0.233 e. The normalized spacial score (nSPS) is 14.9. The fraction of sp³-hybridized carbons (Fsp3) is 0.348. The van der Waals surface area contributed by atoms with Crippen molar-refractivity contribution in [2.75, 3.05) is 31.9 Å². The quantitative estimate of drug-likeness (QED) is 0.548. The lowest BCUT2D eigenvalue weighted by Crippen LogP contribution is -2.51. The predicted octanol–water partition coefficient (Wildman–Crippen LogP) is 3.72. The number of carbonyl (C=O) groups is 1. The van der Waals surface area contributed by atoms with Crippen molar-refractivity contribution in [3.05, 3.63) is 60.4 Å². The summed E-state index contributed by atoms with van der Waals surface area (Å²) in [7, 11) is 0. The average molecular weight is 440 g/mol. The molecule has 1 aliphatic heterocycles. The van der Waals surface area contributed by atoms with E-state index in [-0.39, 0.29) is 11.7 Å². The number of amides is 1. The fourth-order valence-corrected chi connectivity index (χ4v) is 4.52. The lowest BCUT2D eigenvalue weighted by atomic mass is 10.2. The van der Waals surface area contributed by atoms with Gasteiger partial charge in [0, 0.05) is 43.5 Å². The highest BCUT2D eigenvalue weighted by Crippen LogP contribution is 2.28. The maximum Gasteiger partial charge on any atom is 0.233 e. The number of halogens is 1. The summed E-state index contributed by atoms with van der Waals surface area (Å²) in [6.45, 7) is 7.68. The molecule has 2 aromatic carbocycles. The first-order valence-corrected chi connectivity index (χ1v) is 11.4. The molecule has 0 saturated carbocycles. The molecule has 0 bridgehead atoms. The zero-order valence-corrected chi connectivity index (χ0v) is 18.6. The molecule has 0 atom stereocenters. The minimum atomic E-state index is -0.299. The number of carbonyl (C=O) groups excluding carboxylic acids is 1. The van der Waals surface area contributed by atoms with Gasteiger partial charge in [-0.1, -0.05) is 30.0 Å². The molecular weight excluding hydrogens is 413 g/mol. The third-order valence-electron chi connectivity index (χ3n) is 5.47. The van der Waals surface area contributed by atoms with E-state index in [0.717, 1.165) is 37.4 Å². The van der Waals surface area contributed by atoms with Gasteiger partial charge in [0.2, 0.25) is 5.91 Å². The first kappa shape index (κ1) is 21.5. The van der Waals surface area contributed by atoms with E-state index in [4.69, 9.17) is 0 Å². The van der Waals surface area contributed by atoms with Gasteiger partial charge in [0.25, 0.3) is 0 Å². The zero-order valence-electron chi connectivity index (χ0n) is 17.7. The van der Waals surface area contributed by atoms with Gasteiger partial charge in [-0.05, 0) is 50.2 Å². The Morgan fingerprint density at radius 2 is 1.68 bits per heavy atom. The zero-order chi connectivity index (χ0) is 21.8. The van der Waals surface area contributed by atoms with Crippen LogP contribution in [0.4, 0.5) is 4.39 Å². The molecule has 0 radical (unpaired) electrons. The molecule has 1 aliphatic rings. The molecular formula is C23H26FN5OS. The minimum Gasteiger partial charge on any atom is -0.339 e. The number of hydrogen-bond donors (Lipinski definition) is 0. The second-order valence-electron chi connectivity index (χ2n) is 7.78. The molecule has 2 heterocycles. The third kappa shape index (κ3) is 4.97. The van der Waals surface area contributed by atoms with Crippen molar-refractivity contribution in [1.82, 2.24) is 24.6 Å². The molecule has 31 heavy (non-hydrogen) atoms. The SMILES string of the molecule is CC(C)N1CCN(C(=O)CSc2nnc(-c3ccc(F)cc3)n2-c2ccccc2)CC1. The number of thioether (sulfide) groups is 1. The second-order valence-corrected chi connectivity index (χ2v) is 8.73. The maximum absolute atomic E-state index is 13.4. The summed E-state index contributed by atoms with van der Waals surface area (Å²) in [6, 6.07) is 16.5. The van der Waals surface area contributed by atoms with Gasteiger partial charge in [-0.3, -0.25) is 14.3 Å². The van der Waals surface area contributed by atoms with Crippen molar-refractivity contribution >= 4 is 17.7 Å². The van der Waals surface area contributed by atoms with Gasteiger partial charge in [-0.2, -0.15) is 0 Å². The van der Waals surface area contributed by atoms with Crippen LogP contribution in [0.25, 0.3) is 17.1 Å². The van der Waals surface area contributed by atoms with Crippen LogP contribution in [0.5, 0.6) is 0 Å². The summed E-state index contributed by atoms with van der Waals surface area (Å²) in [6.07, 6.45) is 0. The van der Waals surface area contributed by atoms with Gasteiger partial charge in [-0.25, -0.2) is 4.39 Å². The molecule has 1 aromatic heterocycles. The molecule has 162 valence electrons. The first-order valence-electron chi connectivity index (χ1n) is 10.4. The van der Waals surface area contributed by atoms with Gasteiger partial charge in [0.1, 0.15) is 5.82 Å². The highest BCUT2D eigenvalue weighted by atomic mass is 32.2. The van der Waals surface area contributed by atoms with Crippen LogP contribution in [0.2, 0.25) is 0 Å². The van der Waals surface area contributed by atoms with Crippen LogP contribution in [0, 0.1) is 5.82 Å². The van der Waals surface area contributed by atoms with Gasteiger partial charge in [0.05, 0.1) is 5.75 Å². The Morgan fingerprint density at radius 3 is 2.32 bits per heavy atom. The summed E-state index contributed by atoms with van der Waals surface area (Å²) < 4.78 is 15.3. The van der Waals surface area contributed by atoms with Gasteiger partial charge < -0.3 is 4.90 Å². The number of nitrogens with zero attached hydrogens (tertiary/aromatic N) is 5. The van der Waals surface area contributed by atoms with Crippen LogP contribution in [0.1, 0.15) is 13.8 Å².